The van der Waals surface area contributed by atoms with Crippen molar-refractivity contribution >= 4 is 34.1 Å². The highest BCUT2D eigenvalue weighted by atomic mass is 32.1. The molecule has 1 fully saturated rings. The van der Waals surface area contributed by atoms with Crippen molar-refractivity contribution < 1.29 is 9.59 Å². The Morgan fingerprint density at radius 2 is 1.83 bits per heavy atom. The van der Waals surface area contributed by atoms with Gasteiger partial charge in [0.2, 0.25) is 5.91 Å². The molecule has 6 nitrogen and oxygen atoms in total. The summed E-state index contributed by atoms with van der Waals surface area (Å²) in [5.74, 6) is -0.161. The zero-order valence-electron chi connectivity index (χ0n) is 19.9. The molecule has 1 aliphatic carbocycles. The number of nitrogens with one attached hydrogen (secondary N) is 1. The molecular formula is C28H30N4O2S. The van der Waals surface area contributed by atoms with Crippen molar-refractivity contribution in [1.29, 1.82) is 0 Å². The highest BCUT2D eigenvalue weighted by molar-refractivity contribution is 7.09. The molecule has 4 heterocycles. The molecule has 2 aliphatic rings. The molecule has 3 aromatic heterocycles. The summed E-state index contributed by atoms with van der Waals surface area (Å²) < 4.78 is 4.08. The summed E-state index contributed by atoms with van der Waals surface area (Å²) in [4.78, 5) is 31.2. The SMILES string of the molecule is CC1(C(=O)NC2CCCCC2)Cn2c(c(-n3cccc3)c3ccccc32)C(=O)N1Cc1cccs1. The molecular weight excluding hydrogens is 456 g/mol. The van der Waals surface area contributed by atoms with Crippen molar-refractivity contribution in [2.75, 3.05) is 0 Å². The Labute approximate surface area is 209 Å². The van der Waals surface area contributed by atoms with Gasteiger partial charge in [0.05, 0.1) is 24.3 Å². The Morgan fingerprint density at radius 1 is 1.06 bits per heavy atom. The van der Waals surface area contributed by atoms with Crippen molar-refractivity contribution in [1.82, 2.24) is 19.4 Å². The first-order chi connectivity index (χ1) is 17.1. The molecule has 35 heavy (non-hydrogen) atoms. The average molecular weight is 487 g/mol. The number of para-hydroxylation sites is 1. The lowest BCUT2D eigenvalue weighted by molar-refractivity contribution is -0.134. The Kier molecular flexibility index (Phi) is 5.52. The monoisotopic (exact) mass is 486 g/mol. The quantitative estimate of drug-likeness (QED) is 0.413. The Bertz CT molecular complexity index is 1370. The fraction of sp³-hybridized carbons (Fsp3) is 0.357. The van der Waals surface area contributed by atoms with E-state index >= 15 is 0 Å². The first kappa shape index (κ1) is 22.2. The van der Waals surface area contributed by atoms with Crippen molar-refractivity contribution in [3.8, 4) is 5.69 Å². The Balaban J connectivity index is 1.49. The van der Waals surface area contributed by atoms with Gasteiger partial charge in [-0.25, -0.2) is 0 Å². The largest absolute Gasteiger partial charge is 0.351 e. The molecule has 2 amide bonds. The fourth-order valence-electron chi connectivity index (χ4n) is 5.74. The molecule has 1 aromatic carbocycles. The third-order valence-electron chi connectivity index (χ3n) is 7.64. The number of hydrogen-bond donors (Lipinski definition) is 1. The van der Waals surface area contributed by atoms with Crippen molar-refractivity contribution in [3.05, 3.63) is 76.9 Å². The lowest BCUT2D eigenvalue weighted by Crippen LogP contribution is -2.64. The van der Waals surface area contributed by atoms with Gasteiger partial charge in [-0.05, 0) is 49.4 Å². The number of benzene rings is 1. The van der Waals surface area contributed by atoms with E-state index in [9.17, 15) is 9.59 Å². The predicted molar refractivity (Wildman–Crippen MR) is 139 cm³/mol. The third kappa shape index (κ3) is 3.69. The molecule has 1 atom stereocenters. The van der Waals surface area contributed by atoms with Crippen LogP contribution in [0.25, 0.3) is 16.6 Å². The van der Waals surface area contributed by atoms with E-state index < -0.39 is 5.54 Å². The van der Waals surface area contributed by atoms with Crippen LogP contribution in [0.5, 0.6) is 0 Å². The predicted octanol–water partition coefficient (Wildman–Crippen LogP) is 5.36. The molecule has 0 saturated heterocycles. The zero-order chi connectivity index (χ0) is 24.0. The summed E-state index contributed by atoms with van der Waals surface area (Å²) in [5, 5.41) is 6.36. The number of rotatable bonds is 5. The average Bonchev–Trinajstić information content (AvgIpc) is 3.63. The minimum Gasteiger partial charge on any atom is -0.351 e. The summed E-state index contributed by atoms with van der Waals surface area (Å²) in [7, 11) is 0. The highest BCUT2D eigenvalue weighted by Gasteiger charge is 2.49. The van der Waals surface area contributed by atoms with Crippen LogP contribution in [0.3, 0.4) is 0 Å². The maximum absolute atomic E-state index is 14.4. The lowest BCUT2D eigenvalue weighted by atomic mass is 9.91. The van der Waals surface area contributed by atoms with E-state index in [1.807, 2.05) is 71.7 Å². The number of nitrogens with zero attached hydrogens (tertiary/aromatic N) is 3. The Hall–Kier alpha value is -3.32. The molecule has 1 saturated carbocycles. The third-order valence-corrected chi connectivity index (χ3v) is 8.50. The molecule has 0 radical (unpaired) electrons. The van der Waals surface area contributed by atoms with Crippen LogP contribution in [0.2, 0.25) is 0 Å². The van der Waals surface area contributed by atoms with E-state index in [-0.39, 0.29) is 17.9 Å². The van der Waals surface area contributed by atoms with Crippen LogP contribution in [0, 0.1) is 0 Å². The number of carbonyl (C=O) groups excluding carboxylic acids is 2. The summed E-state index contributed by atoms with van der Waals surface area (Å²) in [6.45, 7) is 2.77. The molecule has 0 spiro atoms. The van der Waals surface area contributed by atoms with Crippen LogP contribution in [-0.4, -0.2) is 37.4 Å². The van der Waals surface area contributed by atoms with Gasteiger partial charge in [-0.2, -0.15) is 0 Å². The van der Waals surface area contributed by atoms with Gasteiger partial charge >= 0.3 is 0 Å². The van der Waals surface area contributed by atoms with Crippen LogP contribution < -0.4 is 5.32 Å². The van der Waals surface area contributed by atoms with Gasteiger partial charge in [0, 0.05) is 28.7 Å². The van der Waals surface area contributed by atoms with E-state index in [2.05, 4.69) is 16.0 Å². The molecule has 1 N–H and O–H groups in total. The fourth-order valence-corrected chi connectivity index (χ4v) is 6.44. The van der Waals surface area contributed by atoms with Gasteiger partial charge < -0.3 is 19.4 Å². The number of fused-ring (bicyclic) bond motifs is 3. The number of thiophene rings is 1. The van der Waals surface area contributed by atoms with Crippen LogP contribution >= 0.6 is 11.3 Å². The summed E-state index contributed by atoms with van der Waals surface area (Å²) >= 11 is 1.62. The highest BCUT2D eigenvalue weighted by Crippen LogP contribution is 2.39. The van der Waals surface area contributed by atoms with Crippen molar-refractivity contribution in [2.24, 2.45) is 0 Å². The molecule has 0 bridgehead atoms. The van der Waals surface area contributed by atoms with E-state index in [0.29, 0.717) is 18.8 Å². The molecule has 4 aromatic rings. The maximum Gasteiger partial charge on any atom is 0.273 e. The molecule has 180 valence electrons. The number of amides is 2. The van der Waals surface area contributed by atoms with Gasteiger partial charge in [0.1, 0.15) is 11.2 Å². The van der Waals surface area contributed by atoms with Crippen molar-refractivity contribution in [3.63, 3.8) is 0 Å². The first-order valence-corrected chi connectivity index (χ1v) is 13.3. The Morgan fingerprint density at radius 3 is 2.57 bits per heavy atom. The smallest absolute Gasteiger partial charge is 0.273 e. The summed E-state index contributed by atoms with van der Waals surface area (Å²) in [6.07, 6.45) is 9.49. The van der Waals surface area contributed by atoms with Crippen LogP contribution in [0.1, 0.15) is 54.4 Å². The lowest BCUT2D eigenvalue weighted by Gasteiger charge is -2.45. The van der Waals surface area contributed by atoms with Crippen LogP contribution in [0.15, 0.2) is 66.3 Å². The normalized spacial score (nSPS) is 20.8. The molecule has 1 aliphatic heterocycles. The van der Waals surface area contributed by atoms with E-state index in [4.69, 9.17) is 0 Å². The molecule has 1 unspecified atom stereocenters. The topological polar surface area (TPSA) is 59.3 Å². The number of hydrogen-bond acceptors (Lipinski definition) is 3. The van der Waals surface area contributed by atoms with Gasteiger partial charge in [0.15, 0.2) is 0 Å². The number of carbonyl (C=O) groups is 2. The van der Waals surface area contributed by atoms with Gasteiger partial charge in [-0.1, -0.05) is 43.5 Å². The standard InChI is InChI=1S/C28H30N4O2S/c1-28(27(34)29-20-10-3-2-4-11-20)19-31-23-14-6-5-13-22(23)24(30-15-7-8-16-30)25(31)26(33)32(28)18-21-12-9-17-35-21/h5-9,12-17,20H,2-4,10-11,18-19H2,1H3,(H,29,34). The minimum atomic E-state index is -0.999. The van der Waals surface area contributed by atoms with Gasteiger partial charge in [-0.15, -0.1) is 11.3 Å². The second-order valence-electron chi connectivity index (χ2n) is 9.94. The first-order valence-electron chi connectivity index (χ1n) is 12.5. The molecule has 6 rings (SSSR count). The second-order valence-corrected chi connectivity index (χ2v) is 11.0. The molecule has 7 heteroatoms. The second kappa shape index (κ2) is 8.72. The number of aromatic nitrogens is 2. The van der Waals surface area contributed by atoms with Gasteiger partial charge in [-0.3, -0.25) is 9.59 Å². The zero-order valence-corrected chi connectivity index (χ0v) is 20.8. The van der Waals surface area contributed by atoms with Crippen LogP contribution in [0.4, 0.5) is 0 Å². The van der Waals surface area contributed by atoms with Crippen LogP contribution in [-0.2, 0) is 17.9 Å². The minimum absolute atomic E-state index is 0.0553. The summed E-state index contributed by atoms with van der Waals surface area (Å²) in [5.41, 5.74) is 1.50. The van der Waals surface area contributed by atoms with Gasteiger partial charge in [0.25, 0.3) is 5.91 Å². The van der Waals surface area contributed by atoms with E-state index in [0.717, 1.165) is 47.2 Å². The van der Waals surface area contributed by atoms with E-state index in [1.165, 1.54) is 6.42 Å². The summed E-state index contributed by atoms with van der Waals surface area (Å²) in [6, 6.07) is 16.3. The van der Waals surface area contributed by atoms with E-state index in [1.54, 1.807) is 16.2 Å². The maximum atomic E-state index is 14.4. The van der Waals surface area contributed by atoms with Crippen molar-refractivity contribution in [2.45, 2.75) is 63.7 Å².